The van der Waals surface area contributed by atoms with Crippen LogP contribution < -0.4 is 0 Å². The number of nitrogens with zero attached hydrogens (tertiary/aromatic N) is 2. The first-order chi connectivity index (χ1) is 5.29. The SMILES string of the molecule is Cc1ccc2[nH]nnc2c1Br. The smallest absolute Gasteiger partial charge is 0.127 e. The Morgan fingerprint density at radius 3 is 3.09 bits per heavy atom. The first kappa shape index (κ1) is 6.79. The van der Waals surface area contributed by atoms with Gasteiger partial charge >= 0.3 is 0 Å². The third kappa shape index (κ3) is 0.939. The Hall–Kier alpha value is -0.900. The van der Waals surface area contributed by atoms with Crippen LogP contribution in [0.3, 0.4) is 0 Å². The predicted molar refractivity (Wildman–Crippen MR) is 46.3 cm³/mol. The molecule has 2 aromatic rings. The molecule has 0 aliphatic carbocycles. The van der Waals surface area contributed by atoms with Crippen LogP contribution in [0.25, 0.3) is 11.0 Å². The van der Waals surface area contributed by atoms with E-state index in [9.17, 15) is 0 Å². The minimum absolute atomic E-state index is 0.894. The fourth-order valence-corrected chi connectivity index (χ4v) is 1.41. The lowest BCUT2D eigenvalue weighted by Crippen LogP contribution is -1.77. The lowest BCUT2D eigenvalue weighted by atomic mass is 10.2. The van der Waals surface area contributed by atoms with Crippen molar-refractivity contribution in [1.29, 1.82) is 0 Å². The van der Waals surface area contributed by atoms with E-state index in [4.69, 9.17) is 0 Å². The highest BCUT2D eigenvalue weighted by Gasteiger charge is 2.03. The molecule has 0 fully saturated rings. The van der Waals surface area contributed by atoms with Gasteiger partial charge in [-0.3, -0.25) is 5.10 Å². The Bertz CT molecular complexity index is 393. The van der Waals surface area contributed by atoms with Crippen molar-refractivity contribution in [2.45, 2.75) is 6.92 Å². The summed E-state index contributed by atoms with van der Waals surface area (Å²) in [6.45, 7) is 2.03. The Balaban J connectivity index is 2.93. The van der Waals surface area contributed by atoms with E-state index in [2.05, 4.69) is 31.3 Å². The van der Waals surface area contributed by atoms with Gasteiger partial charge in [0.05, 0.1) is 9.99 Å². The fraction of sp³-hybridized carbons (Fsp3) is 0.143. The van der Waals surface area contributed by atoms with Gasteiger partial charge in [-0.15, -0.1) is 5.10 Å². The minimum atomic E-state index is 0.894. The first-order valence-corrected chi connectivity index (χ1v) is 4.04. The maximum Gasteiger partial charge on any atom is 0.127 e. The molecule has 11 heavy (non-hydrogen) atoms. The molecule has 0 spiro atoms. The van der Waals surface area contributed by atoms with Crippen LogP contribution in [-0.2, 0) is 0 Å². The first-order valence-electron chi connectivity index (χ1n) is 3.25. The second-order valence-corrected chi connectivity index (χ2v) is 3.20. The van der Waals surface area contributed by atoms with Crippen molar-refractivity contribution >= 4 is 27.0 Å². The topological polar surface area (TPSA) is 41.6 Å². The van der Waals surface area contributed by atoms with E-state index in [1.165, 1.54) is 5.56 Å². The zero-order valence-electron chi connectivity index (χ0n) is 5.93. The molecule has 1 aromatic carbocycles. The molecule has 0 aliphatic rings. The van der Waals surface area contributed by atoms with Crippen LogP contribution in [0, 0.1) is 6.92 Å². The van der Waals surface area contributed by atoms with Crippen molar-refractivity contribution in [2.75, 3.05) is 0 Å². The second-order valence-electron chi connectivity index (χ2n) is 2.40. The van der Waals surface area contributed by atoms with Crippen LogP contribution in [0.4, 0.5) is 0 Å². The number of aryl methyl sites for hydroxylation is 1. The highest BCUT2D eigenvalue weighted by atomic mass is 79.9. The van der Waals surface area contributed by atoms with Crippen molar-refractivity contribution in [3.05, 3.63) is 22.2 Å². The summed E-state index contributed by atoms with van der Waals surface area (Å²) in [4.78, 5) is 0. The average molecular weight is 212 g/mol. The predicted octanol–water partition coefficient (Wildman–Crippen LogP) is 2.03. The molecule has 56 valence electrons. The summed E-state index contributed by atoms with van der Waals surface area (Å²) in [5, 5.41) is 10.4. The molecule has 0 atom stereocenters. The van der Waals surface area contributed by atoms with Crippen LogP contribution in [-0.4, -0.2) is 15.4 Å². The van der Waals surface area contributed by atoms with Crippen LogP contribution in [0.1, 0.15) is 5.56 Å². The van der Waals surface area contributed by atoms with E-state index >= 15 is 0 Å². The molecule has 3 nitrogen and oxygen atoms in total. The van der Waals surface area contributed by atoms with Gasteiger partial charge in [0.2, 0.25) is 0 Å². The molecule has 1 aromatic heterocycles. The molecule has 0 saturated carbocycles. The average Bonchev–Trinajstić information content (AvgIpc) is 2.45. The summed E-state index contributed by atoms with van der Waals surface area (Å²) in [5.41, 5.74) is 3.03. The summed E-state index contributed by atoms with van der Waals surface area (Å²) in [5.74, 6) is 0. The number of rotatable bonds is 0. The molecule has 0 amide bonds. The standard InChI is InChI=1S/C7H6BrN3/c1-4-2-3-5-7(6(4)8)10-11-9-5/h2-3H,1H3,(H,9,10,11). The normalized spacial score (nSPS) is 10.7. The van der Waals surface area contributed by atoms with Gasteiger partial charge in [0.1, 0.15) is 5.52 Å². The van der Waals surface area contributed by atoms with Gasteiger partial charge in [0, 0.05) is 0 Å². The number of H-pyrrole nitrogens is 1. The molecule has 0 unspecified atom stereocenters. The number of hydrogen-bond acceptors (Lipinski definition) is 2. The summed E-state index contributed by atoms with van der Waals surface area (Å²) in [6, 6.07) is 3.99. The number of benzene rings is 1. The van der Waals surface area contributed by atoms with Crippen molar-refractivity contribution in [2.24, 2.45) is 0 Å². The molecule has 0 aliphatic heterocycles. The van der Waals surface area contributed by atoms with Crippen LogP contribution >= 0.6 is 15.9 Å². The van der Waals surface area contributed by atoms with Gasteiger partial charge < -0.3 is 0 Å². The largest absolute Gasteiger partial charge is 0.258 e. The van der Waals surface area contributed by atoms with Gasteiger partial charge in [-0.2, -0.15) is 0 Å². The van der Waals surface area contributed by atoms with E-state index in [0.29, 0.717) is 0 Å². The molecule has 0 bridgehead atoms. The van der Waals surface area contributed by atoms with Gasteiger partial charge in [-0.25, -0.2) is 0 Å². The summed E-state index contributed by atoms with van der Waals surface area (Å²) in [7, 11) is 0. The second kappa shape index (κ2) is 2.30. The number of hydrogen-bond donors (Lipinski definition) is 1. The highest BCUT2D eigenvalue weighted by molar-refractivity contribution is 9.10. The van der Waals surface area contributed by atoms with Gasteiger partial charge in [-0.05, 0) is 34.5 Å². The lowest BCUT2D eigenvalue weighted by Gasteiger charge is -1.95. The van der Waals surface area contributed by atoms with Crippen molar-refractivity contribution in [1.82, 2.24) is 15.4 Å². The third-order valence-electron chi connectivity index (χ3n) is 1.63. The maximum absolute atomic E-state index is 3.93. The maximum atomic E-state index is 3.93. The van der Waals surface area contributed by atoms with E-state index in [-0.39, 0.29) is 0 Å². The molecule has 0 saturated heterocycles. The zero-order valence-corrected chi connectivity index (χ0v) is 7.51. The highest BCUT2D eigenvalue weighted by Crippen LogP contribution is 2.23. The molecular formula is C7H6BrN3. The monoisotopic (exact) mass is 211 g/mol. The third-order valence-corrected chi connectivity index (χ3v) is 2.63. The van der Waals surface area contributed by atoms with Crippen molar-refractivity contribution in [3.63, 3.8) is 0 Å². The Morgan fingerprint density at radius 1 is 1.45 bits per heavy atom. The summed E-state index contributed by atoms with van der Waals surface area (Å²) in [6.07, 6.45) is 0. The van der Waals surface area contributed by atoms with Gasteiger partial charge in [0.25, 0.3) is 0 Å². The molecule has 0 radical (unpaired) electrons. The van der Waals surface area contributed by atoms with Crippen LogP contribution in [0.15, 0.2) is 16.6 Å². The molecule has 4 heteroatoms. The minimum Gasteiger partial charge on any atom is -0.258 e. The molecule has 2 rings (SSSR count). The molecule has 1 N–H and O–H groups in total. The van der Waals surface area contributed by atoms with E-state index in [1.54, 1.807) is 0 Å². The quantitative estimate of drug-likeness (QED) is 0.725. The number of halogens is 1. The van der Waals surface area contributed by atoms with Crippen molar-refractivity contribution in [3.8, 4) is 0 Å². The number of fused-ring (bicyclic) bond motifs is 1. The van der Waals surface area contributed by atoms with Crippen LogP contribution in [0.5, 0.6) is 0 Å². The van der Waals surface area contributed by atoms with Crippen LogP contribution in [0.2, 0.25) is 0 Å². The number of aromatic amines is 1. The summed E-state index contributed by atoms with van der Waals surface area (Å²) >= 11 is 3.44. The van der Waals surface area contributed by atoms with Gasteiger partial charge in [0.15, 0.2) is 0 Å². The zero-order chi connectivity index (χ0) is 7.84. The Labute approximate surface area is 71.9 Å². The number of nitrogens with one attached hydrogen (secondary N) is 1. The molecular weight excluding hydrogens is 206 g/mol. The summed E-state index contributed by atoms with van der Waals surface area (Å²) < 4.78 is 1.02. The van der Waals surface area contributed by atoms with E-state index < -0.39 is 0 Å². The fourth-order valence-electron chi connectivity index (χ4n) is 0.982. The Morgan fingerprint density at radius 2 is 2.27 bits per heavy atom. The van der Waals surface area contributed by atoms with Crippen molar-refractivity contribution < 1.29 is 0 Å². The Kier molecular flexibility index (Phi) is 1.42. The van der Waals surface area contributed by atoms with E-state index in [0.717, 1.165) is 15.5 Å². The van der Waals surface area contributed by atoms with Gasteiger partial charge in [-0.1, -0.05) is 11.3 Å². The molecule has 1 heterocycles. The lowest BCUT2D eigenvalue weighted by molar-refractivity contribution is 0.959. The van der Waals surface area contributed by atoms with E-state index in [1.807, 2.05) is 19.1 Å². The number of aromatic nitrogens is 3.